The topological polar surface area (TPSA) is 49.4 Å². The third-order valence-electron chi connectivity index (χ3n) is 4.97. The number of hydrogen-bond donors (Lipinski definition) is 1. The highest BCUT2D eigenvalue weighted by atomic mass is 16.2. The monoisotopic (exact) mass is 314 g/mol. The Morgan fingerprint density at radius 3 is 2.48 bits per heavy atom. The fraction of sp³-hybridized carbons (Fsp3) is 0.579. The third kappa shape index (κ3) is 3.41. The van der Waals surface area contributed by atoms with Crippen LogP contribution < -0.4 is 5.32 Å². The molecule has 2 fully saturated rings. The third-order valence-corrected chi connectivity index (χ3v) is 4.97. The van der Waals surface area contributed by atoms with Gasteiger partial charge in [0.15, 0.2) is 0 Å². The van der Waals surface area contributed by atoms with E-state index in [0.717, 1.165) is 12.8 Å². The largest absolute Gasteiger partial charge is 0.353 e. The van der Waals surface area contributed by atoms with Crippen LogP contribution in [0, 0.1) is 18.8 Å². The quantitative estimate of drug-likeness (QED) is 0.928. The molecule has 3 rings (SSSR count). The van der Waals surface area contributed by atoms with Crippen molar-refractivity contribution < 1.29 is 9.59 Å². The van der Waals surface area contributed by atoms with Crippen LogP contribution in [0.3, 0.4) is 0 Å². The van der Waals surface area contributed by atoms with Crippen LogP contribution >= 0.6 is 0 Å². The zero-order chi connectivity index (χ0) is 16.6. The first-order chi connectivity index (χ1) is 11.0. The standard InChI is InChI=1S/C19H26N2O2/c1-12(2)19(23)21-10-16(15-7-5-4-6-13(15)3)17(11-21)18(22)20-14-8-9-14/h4-7,12,14,16-17H,8-11H2,1-3H3,(H,20,22). The van der Waals surface area contributed by atoms with Gasteiger partial charge in [0.25, 0.3) is 0 Å². The molecule has 1 aromatic rings. The molecule has 1 N–H and O–H groups in total. The number of carbonyl (C=O) groups is 2. The van der Waals surface area contributed by atoms with Crippen LogP contribution in [0.15, 0.2) is 24.3 Å². The molecule has 1 saturated carbocycles. The first-order valence-electron chi connectivity index (χ1n) is 8.62. The highest BCUT2D eigenvalue weighted by Gasteiger charge is 2.42. The Morgan fingerprint density at radius 1 is 1.17 bits per heavy atom. The number of amides is 2. The first kappa shape index (κ1) is 16.0. The maximum atomic E-state index is 12.7. The number of rotatable bonds is 4. The summed E-state index contributed by atoms with van der Waals surface area (Å²) in [6, 6.07) is 8.57. The van der Waals surface area contributed by atoms with Crippen molar-refractivity contribution >= 4 is 11.8 Å². The van der Waals surface area contributed by atoms with Crippen LogP contribution in [0.5, 0.6) is 0 Å². The van der Waals surface area contributed by atoms with E-state index in [4.69, 9.17) is 0 Å². The van der Waals surface area contributed by atoms with Crippen LogP contribution in [0.2, 0.25) is 0 Å². The second-order valence-electron chi connectivity index (χ2n) is 7.25. The number of carbonyl (C=O) groups excluding carboxylic acids is 2. The lowest BCUT2D eigenvalue weighted by Crippen LogP contribution is -2.37. The molecule has 23 heavy (non-hydrogen) atoms. The van der Waals surface area contributed by atoms with Crippen molar-refractivity contribution in [1.29, 1.82) is 0 Å². The van der Waals surface area contributed by atoms with Gasteiger partial charge in [-0.2, -0.15) is 0 Å². The lowest BCUT2D eigenvalue weighted by atomic mass is 9.86. The van der Waals surface area contributed by atoms with E-state index >= 15 is 0 Å². The Hall–Kier alpha value is -1.84. The first-order valence-corrected chi connectivity index (χ1v) is 8.62. The molecule has 4 nitrogen and oxygen atoms in total. The Morgan fingerprint density at radius 2 is 1.87 bits per heavy atom. The van der Waals surface area contributed by atoms with Gasteiger partial charge in [0.2, 0.25) is 11.8 Å². The van der Waals surface area contributed by atoms with Crippen LogP contribution in [0.25, 0.3) is 0 Å². The highest BCUT2D eigenvalue weighted by molar-refractivity contribution is 5.84. The summed E-state index contributed by atoms with van der Waals surface area (Å²) in [6.07, 6.45) is 2.17. The van der Waals surface area contributed by atoms with Gasteiger partial charge in [-0.1, -0.05) is 38.1 Å². The summed E-state index contributed by atoms with van der Waals surface area (Å²) in [5, 5.41) is 3.13. The van der Waals surface area contributed by atoms with Gasteiger partial charge in [-0.25, -0.2) is 0 Å². The summed E-state index contributed by atoms with van der Waals surface area (Å²) in [7, 11) is 0. The molecular weight excluding hydrogens is 288 g/mol. The van der Waals surface area contributed by atoms with Crippen molar-refractivity contribution in [3.63, 3.8) is 0 Å². The van der Waals surface area contributed by atoms with Crippen molar-refractivity contribution in [2.45, 2.75) is 45.6 Å². The van der Waals surface area contributed by atoms with Gasteiger partial charge in [0.1, 0.15) is 0 Å². The van der Waals surface area contributed by atoms with E-state index in [1.54, 1.807) is 0 Å². The van der Waals surface area contributed by atoms with E-state index in [-0.39, 0.29) is 29.6 Å². The Labute approximate surface area is 138 Å². The van der Waals surface area contributed by atoms with Gasteiger partial charge in [-0.15, -0.1) is 0 Å². The second kappa shape index (κ2) is 6.34. The number of likely N-dealkylation sites (tertiary alicyclic amines) is 1. The number of hydrogen-bond acceptors (Lipinski definition) is 2. The molecule has 1 aliphatic carbocycles. The highest BCUT2D eigenvalue weighted by Crippen LogP contribution is 2.35. The fourth-order valence-electron chi connectivity index (χ4n) is 3.47. The van der Waals surface area contributed by atoms with Gasteiger partial charge in [-0.3, -0.25) is 9.59 Å². The van der Waals surface area contributed by atoms with Crippen molar-refractivity contribution in [2.75, 3.05) is 13.1 Å². The lowest BCUT2D eigenvalue weighted by molar-refractivity contribution is -0.133. The number of nitrogens with zero attached hydrogens (tertiary/aromatic N) is 1. The summed E-state index contributed by atoms with van der Waals surface area (Å²) in [4.78, 5) is 27.0. The second-order valence-corrected chi connectivity index (χ2v) is 7.25. The molecule has 1 aliphatic heterocycles. The summed E-state index contributed by atoms with van der Waals surface area (Å²) in [5.74, 6) is 0.180. The zero-order valence-corrected chi connectivity index (χ0v) is 14.2. The Kier molecular flexibility index (Phi) is 4.42. The molecule has 2 aliphatic rings. The van der Waals surface area contributed by atoms with Crippen molar-refractivity contribution in [2.24, 2.45) is 11.8 Å². The minimum Gasteiger partial charge on any atom is -0.353 e. The van der Waals surface area contributed by atoms with E-state index < -0.39 is 0 Å². The Bertz CT molecular complexity index is 607. The van der Waals surface area contributed by atoms with Crippen molar-refractivity contribution in [1.82, 2.24) is 10.2 Å². The summed E-state index contributed by atoms with van der Waals surface area (Å²) in [5.41, 5.74) is 2.39. The van der Waals surface area contributed by atoms with E-state index in [0.29, 0.717) is 19.1 Å². The van der Waals surface area contributed by atoms with E-state index in [1.807, 2.05) is 30.9 Å². The van der Waals surface area contributed by atoms with Crippen LogP contribution in [0.1, 0.15) is 43.7 Å². The fourth-order valence-corrected chi connectivity index (χ4v) is 3.47. The van der Waals surface area contributed by atoms with Gasteiger partial charge in [-0.05, 0) is 30.9 Å². The van der Waals surface area contributed by atoms with E-state index in [2.05, 4.69) is 24.4 Å². The molecule has 2 amide bonds. The SMILES string of the molecule is Cc1ccccc1C1CN(C(=O)C(C)C)CC1C(=O)NC1CC1. The molecule has 1 saturated heterocycles. The maximum Gasteiger partial charge on any atom is 0.225 e. The predicted octanol–water partition coefficient (Wildman–Crippen LogP) is 2.47. The van der Waals surface area contributed by atoms with Crippen LogP contribution in [-0.4, -0.2) is 35.8 Å². The number of nitrogens with one attached hydrogen (secondary N) is 1. The molecule has 4 heteroatoms. The van der Waals surface area contributed by atoms with Crippen LogP contribution in [0.4, 0.5) is 0 Å². The molecular formula is C19H26N2O2. The Balaban J connectivity index is 1.84. The molecule has 0 aromatic heterocycles. The molecule has 124 valence electrons. The van der Waals surface area contributed by atoms with Gasteiger partial charge in [0.05, 0.1) is 5.92 Å². The molecule has 1 aromatic carbocycles. The van der Waals surface area contributed by atoms with Gasteiger partial charge < -0.3 is 10.2 Å². The summed E-state index contributed by atoms with van der Waals surface area (Å²) < 4.78 is 0. The molecule has 0 spiro atoms. The molecule has 0 radical (unpaired) electrons. The lowest BCUT2D eigenvalue weighted by Gasteiger charge is -2.20. The normalized spacial score (nSPS) is 24.1. The summed E-state index contributed by atoms with van der Waals surface area (Å²) >= 11 is 0. The molecule has 2 unspecified atom stereocenters. The smallest absolute Gasteiger partial charge is 0.225 e. The summed E-state index contributed by atoms with van der Waals surface area (Å²) in [6.45, 7) is 7.10. The number of aryl methyl sites for hydroxylation is 1. The van der Waals surface area contributed by atoms with Crippen molar-refractivity contribution in [3.8, 4) is 0 Å². The van der Waals surface area contributed by atoms with Gasteiger partial charge in [0, 0.05) is 31.0 Å². The molecule has 2 atom stereocenters. The minimum absolute atomic E-state index is 0.0298. The van der Waals surface area contributed by atoms with E-state index in [9.17, 15) is 9.59 Å². The zero-order valence-electron chi connectivity index (χ0n) is 14.2. The molecule has 0 bridgehead atoms. The predicted molar refractivity (Wildman–Crippen MR) is 90.0 cm³/mol. The van der Waals surface area contributed by atoms with Crippen molar-refractivity contribution in [3.05, 3.63) is 35.4 Å². The minimum atomic E-state index is -0.139. The van der Waals surface area contributed by atoms with Gasteiger partial charge >= 0.3 is 0 Å². The number of benzene rings is 1. The van der Waals surface area contributed by atoms with Crippen LogP contribution in [-0.2, 0) is 9.59 Å². The molecule has 1 heterocycles. The average Bonchev–Trinajstić information content (AvgIpc) is 3.22. The van der Waals surface area contributed by atoms with E-state index in [1.165, 1.54) is 11.1 Å². The maximum absolute atomic E-state index is 12.7. The average molecular weight is 314 g/mol.